The first kappa shape index (κ1) is 13.7. The summed E-state index contributed by atoms with van der Waals surface area (Å²) in [6.07, 6.45) is 3.90. The van der Waals surface area contributed by atoms with Gasteiger partial charge in [-0.25, -0.2) is 0 Å². The molecule has 0 radical (unpaired) electrons. The van der Waals surface area contributed by atoms with Gasteiger partial charge in [0, 0.05) is 24.8 Å². The summed E-state index contributed by atoms with van der Waals surface area (Å²) < 4.78 is 4.69. The van der Waals surface area contributed by atoms with Crippen molar-refractivity contribution in [2.75, 3.05) is 18.0 Å². The lowest BCUT2D eigenvalue weighted by molar-refractivity contribution is 0.0930. The fraction of sp³-hybridized carbons (Fsp3) is 0.375. The number of amides is 1. The van der Waals surface area contributed by atoms with Crippen molar-refractivity contribution in [2.45, 2.75) is 25.8 Å². The Kier molecular flexibility index (Phi) is 3.90. The molecule has 1 aliphatic heterocycles. The van der Waals surface area contributed by atoms with Gasteiger partial charge in [0.2, 0.25) is 0 Å². The maximum absolute atomic E-state index is 12.0. The topological polar surface area (TPSA) is 58.4 Å². The van der Waals surface area contributed by atoms with Gasteiger partial charge in [-0.2, -0.15) is 0 Å². The molecule has 1 saturated heterocycles. The molecule has 5 nitrogen and oxygen atoms in total. The van der Waals surface area contributed by atoms with Gasteiger partial charge in [-0.3, -0.25) is 4.79 Å². The summed E-state index contributed by atoms with van der Waals surface area (Å²) in [5, 5.41) is 6.58. The van der Waals surface area contributed by atoms with Crippen LogP contribution in [0.25, 0.3) is 0 Å². The quantitative estimate of drug-likeness (QED) is 0.938. The Balaban J connectivity index is 1.70. The van der Waals surface area contributed by atoms with Crippen LogP contribution < -0.4 is 10.2 Å². The van der Waals surface area contributed by atoms with E-state index in [1.165, 1.54) is 24.8 Å². The first-order valence-electron chi connectivity index (χ1n) is 7.30. The second kappa shape index (κ2) is 5.99. The van der Waals surface area contributed by atoms with Gasteiger partial charge in [-0.1, -0.05) is 17.3 Å². The summed E-state index contributed by atoms with van der Waals surface area (Å²) in [5.74, 6) is -0.220. The first-order valence-corrected chi connectivity index (χ1v) is 7.30. The van der Waals surface area contributed by atoms with E-state index in [4.69, 9.17) is 4.52 Å². The molecular formula is C16H19N3O2. The van der Waals surface area contributed by atoms with E-state index < -0.39 is 0 Å². The summed E-state index contributed by atoms with van der Waals surface area (Å²) in [6, 6.07) is 9.84. The number of anilines is 1. The zero-order valence-electron chi connectivity index (χ0n) is 12.1. The number of rotatable bonds is 4. The lowest BCUT2D eigenvalue weighted by atomic mass is 10.1. The highest BCUT2D eigenvalue weighted by atomic mass is 16.5. The molecule has 1 N–H and O–H groups in total. The Labute approximate surface area is 123 Å². The maximum Gasteiger partial charge on any atom is 0.273 e. The number of hydrogen-bond donors (Lipinski definition) is 1. The number of nitrogens with one attached hydrogen (secondary N) is 1. The summed E-state index contributed by atoms with van der Waals surface area (Å²) in [4.78, 5) is 14.4. The average Bonchev–Trinajstić information content (AvgIpc) is 3.20. The van der Waals surface area contributed by atoms with Gasteiger partial charge in [-0.05, 0) is 37.5 Å². The van der Waals surface area contributed by atoms with E-state index in [-0.39, 0.29) is 11.9 Å². The highest BCUT2D eigenvalue weighted by Gasteiger charge is 2.16. The molecule has 0 spiro atoms. The second-order valence-electron chi connectivity index (χ2n) is 5.37. The van der Waals surface area contributed by atoms with Crippen LogP contribution in [0.5, 0.6) is 0 Å². The molecule has 2 aromatic rings. The van der Waals surface area contributed by atoms with E-state index in [1.54, 1.807) is 6.07 Å². The van der Waals surface area contributed by atoms with E-state index in [0.717, 1.165) is 18.7 Å². The normalized spacial score (nSPS) is 16.0. The maximum atomic E-state index is 12.0. The molecule has 0 saturated carbocycles. The molecule has 1 aromatic carbocycles. The summed E-state index contributed by atoms with van der Waals surface area (Å²) in [5.41, 5.74) is 2.63. The van der Waals surface area contributed by atoms with Crippen molar-refractivity contribution in [3.05, 3.63) is 47.9 Å². The average molecular weight is 285 g/mol. The van der Waals surface area contributed by atoms with Crippen molar-refractivity contribution in [2.24, 2.45) is 0 Å². The third kappa shape index (κ3) is 3.07. The van der Waals surface area contributed by atoms with Gasteiger partial charge < -0.3 is 14.7 Å². The van der Waals surface area contributed by atoms with Crippen molar-refractivity contribution >= 4 is 11.6 Å². The lowest BCUT2D eigenvalue weighted by Gasteiger charge is -2.20. The monoisotopic (exact) mass is 285 g/mol. The molecule has 0 aliphatic carbocycles. The van der Waals surface area contributed by atoms with Crippen molar-refractivity contribution in [1.29, 1.82) is 0 Å². The van der Waals surface area contributed by atoms with Gasteiger partial charge in [0.05, 0.1) is 6.04 Å². The standard InChI is InChI=1S/C16H19N3O2/c1-12(17-16(20)15-7-10-21-18-15)13-5-4-6-14(11-13)19-8-2-3-9-19/h4-7,10-12H,2-3,8-9H2,1H3,(H,17,20)/t12-/m0/s1. The number of hydrogen-bond acceptors (Lipinski definition) is 4. The van der Waals surface area contributed by atoms with Gasteiger partial charge in [-0.15, -0.1) is 0 Å². The number of carbonyl (C=O) groups excluding carboxylic acids is 1. The van der Waals surface area contributed by atoms with Gasteiger partial charge in [0.1, 0.15) is 6.26 Å². The van der Waals surface area contributed by atoms with E-state index in [1.807, 2.05) is 19.1 Å². The Morgan fingerprint density at radius 3 is 2.86 bits per heavy atom. The van der Waals surface area contributed by atoms with E-state index >= 15 is 0 Å². The Bertz CT molecular complexity index is 604. The summed E-state index contributed by atoms with van der Waals surface area (Å²) in [6.45, 7) is 4.20. The molecule has 1 aromatic heterocycles. The fourth-order valence-electron chi connectivity index (χ4n) is 2.65. The molecule has 2 heterocycles. The van der Waals surface area contributed by atoms with Crippen LogP contribution in [-0.4, -0.2) is 24.2 Å². The molecular weight excluding hydrogens is 266 g/mol. The molecule has 3 rings (SSSR count). The van der Waals surface area contributed by atoms with Crippen LogP contribution in [0.15, 0.2) is 41.1 Å². The van der Waals surface area contributed by atoms with Crippen LogP contribution >= 0.6 is 0 Å². The van der Waals surface area contributed by atoms with Crippen LogP contribution in [-0.2, 0) is 0 Å². The summed E-state index contributed by atoms with van der Waals surface area (Å²) >= 11 is 0. The SMILES string of the molecule is C[C@H](NC(=O)c1ccon1)c1cccc(N2CCCC2)c1. The van der Waals surface area contributed by atoms with Crippen molar-refractivity contribution in [1.82, 2.24) is 10.5 Å². The zero-order valence-corrected chi connectivity index (χ0v) is 12.1. The third-order valence-corrected chi connectivity index (χ3v) is 3.86. The number of carbonyl (C=O) groups is 1. The molecule has 1 fully saturated rings. The van der Waals surface area contributed by atoms with Gasteiger partial charge in [0.15, 0.2) is 5.69 Å². The van der Waals surface area contributed by atoms with Crippen LogP contribution in [0.2, 0.25) is 0 Å². The number of aromatic nitrogens is 1. The van der Waals surface area contributed by atoms with Crippen LogP contribution in [0.3, 0.4) is 0 Å². The minimum atomic E-state index is -0.220. The zero-order chi connectivity index (χ0) is 14.7. The highest BCUT2D eigenvalue weighted by molar-refractivity contribution is 5.92. The van der Waals surface area contributed by atoms with E-state index in [9.17, 15) is 4.79 Å². The van der Waals surface area contributed by atoms with Crippen LogP contribution in [0.1, 0.15) is 41.9 Å². The molecule has 1 atom stereocenters. The molecule has 0 unspecified atom stereocenters. The van der Waals surface area contributed by atoms with Crippen molar-refractivity contribution in [3.63, 3.8) is 0 Å². The molecule has 21 heavy (non-hydrogen) atoms. The molecule has 1 aliphatic rings. The minimum Gasteiger partial charge on any atom is -0.372 e. The Morgan fingerprint density at radius 1 is 1.33 bits per heavy atom. The predicted octanol–water partition coefficient (Wildman–Crippen LogP) is 2.77. The van der Waals surface area contributed by atoms with Gasteiger partial charge in [0.25, 0.3) is 5.91 Å². The Morgan fingerprint density at radius 2 is 2.14 bits per heavy atom. The molecule has 1 amide bonds. The highest BCUT2D eigenvalue weighted by Crippen LogP contribution is 2.24. The lowest BCUT2D eigenvalue weighted by Crippen LogP contribution is -2.27. The van der Waals surface area contributed by atoms with Crippen LogP contribution in [0.4, 0.5) is 5.69 Å². The first-order chi connectivity index (χ1) is 10.2. The molecule has 5 heteroatoms. The van der Waals surface area contributed by atoms with Crippen molar-refractivity contribution < 1.29 is 9.32 Å². The third-order valence-electron chi connectivity index (χ3n) is 3.86. The van der Waals surface area contributed by atoms with Crippen molar-refractivity contribution in [3.8, 4) is 0 Å². The second-order valence-corrected chi connectivity index (χ2v) is 5.37. The molecule has 0 bridgehead atoms. The van der Waals surface area contributed by atoms with E-state index in [0.29, 0.717) is 5.69 Å². The van der Waals surface area contributed by atoms with E-state index in [2.05, 4.69) is 27.5 Å². The fourth-order valence-corrected chi connectivity index (χ4v) is 2.65. The summed E-state index contributed by atoms with van der Waals surface area (Å²) in [7, 11) is 0. The molecule has 110 valence electrons. The number of benzene rings is 1. The predicted molar refractivity (Wildman–Crippen MR) is 80.3 cm³/mol. The minimum absolute atomic E-state index is 0.0725. The largest absolute Gasteiger partial charge is 0.372 e. The Hall–Kier alpha value is -2.30. The number of nitrogens with zero attached hydrogens (tertiary/aromatic N) is 2. The van der Waals surface area contributed by atoms with Crippen LogP contribution in [0, 0.1) is 0 Å². The smallest absolute Gasteiger partial charge is 0.273 e. The van der Waals surface area contributed by atoms with Gasteiger partial charge >= 0.3 is 0 Å².